The number of rotatable bonds is 5. The van der Waals surface area contributed by atoms with Gasteiger partial charge in [-0.15, -0.1) is 0 Å². The van der Waals surface area contributed by atoms with Crippen LogP contribution in [-0.4, -0.2) is 57.8 Å². The van der Waals surface area contributed by atoms with E-state index in [1.165, 1.54) is 5.56 Å². The first-order chi connectivity index (χ1) is 12.4. The second kappa shape index (κ2) is 7.61. The van der Waals surface area contributed by atoms with Gasteiger partial charge in [-0.3, -0.25) is 14.4 Å². The maximum atomic E-state index is 13.0. The Balaban J connectivity index is 1.79. The van der Waals surface area contributed by atoms with E-state index >= 15 is 0 Å². The number of hydrogen-bond donors (Lipinski definition) is 0. The number of aryl methyl sites for hydroxylation is 3. The first-order valence-electron chi connectivity index (χ1n) is 9.31. The van der Waals surface area contributed by atoms with Crippen LogP contribution < -0.4 is 0 Å². The predicted molar refractivity (Wildman–Crippen MR) is 98.9 cm³/mol. The van der Waals surface area contributed by atoms with Crippen LogP contribution in [0.4, 0.5) is 0 Å². The van der Waals surface area contributed by atoms with Gasteiger partial charge in [0.05, 0.1) is 11.9 Å². The minimum atomic E-state index is -0.00115. The second-order valence-corrected chi connectivity index (χ2v) is 7.38. The average molecular weight is 359 g/mol. The van der Waals surface area contributed by atoms with Crippen molar-refractivity contribution >= 4 is 5.91 Å². The first kappa shape index (κ1) is 18.6. The van der Waals surface area contributed by atoms with Crippen LogP contribution in [0.25, 0.3) is 0 Å². The summed E-state index contributed by atoms with van der Waals surface area (Å²) in [7, 11) is 5.98. The van der Waals surface area contributed by atoms with Crippen LogP contribution in [0.3, 0.4) is 0 Å². The van der Waals surface area contributed by atoms with Crippen molar-refractivity contribution in [3.05, 3.63) is 35.0 Å². The van der Waals surface area contributed by atoms with Crippen LogP contribution in [0.15, 0.2) is 16.9 Å². The molecule has 7 nitrogen and oxygen atoms in total. The van der Waals surface area contributed by atoms with Crippen LogP contribution in [0.1, 0.15) is 53.2 Å². The van der Waals surface area contributed by atoms with E-state index in [1.54, 1.807) is 0 Å². The van der Waals surface area contributed by atoms with Gasteiger partial charge in [0.15, 0.2) is 0 Å². The van der Waals surface area contributed by atoms with Crippen molar-refractivity contribution in [1.29, 1.82) is 0 Å². The smallest absolute Gasteiger partial charge is 0.259 e. The Morgan fingerprint density at radius 2 is 2.19 bits per heavy atom. The molecule has 1 fully saturated rings. The molecule has 0 spiro atoms. The number of amides is 1. The molecule has 26 heavy (non-hydrogen) atoms. The Morgan fingerprint density at radius 1 is 1.42 bits per heavy atom. The van der Waals surface area contributed by atoms with Gasteiger partial charge < -0.3 is 9.42 Å². The second-order valence-electron chi connectivity index (χ2n) is 7.38. The largest absolute Gasteiger partial charge is 0.360 e. The van der Waals surface area contributed by atoms with Gasteiger partial charge in [0.25, 0.3) is 5.91 Å². The third-order valence-corrected chi connectivity index (χ3v) is 5.40. The summed E-state index contributed by atoms with van der Waals surface area (Å²) in [6.07, 6.45) is 6.94. The highest BCUT2D eigenvalue weighted by atomic mass is 16.5. The van der Waals surface area contributed by atoms with Crippen molar-refractivity contribution in [2.24, 2.45) is 13.0 Å². The van der Waals surface area contributed by atoms with Gasteiger partial charge in [-0.25, -0.2) is 0 Å². The van der Waals surface area contributed by atoms with Gasteiger partial charge in [0, 0.05) is 44.9 Å². The predicted octanol–water partition coefficient (Wildman–Crippen LogP) is 2.43. The van der Waals surface area contributed by atoms with E-state index in [1.807, 2.05) is 43.7 Å². The molecule has 7 heteroatoms. The van der Waals surface area contributed by atoms with Gasteiger partial charge in [0.2, 0.25) is 0 Å². The zero-order valence-corrected chi connectivity index (χ0v) is 16.4. The highest BCUT2D eigenvalue weighted by Gasteiger charge is 2.33. The normalized spacial score (nSPS) is 21.1. The molecule has 3 rings (SSSR count). The molecule has 0 aromatic carbocycles. The topological polar surface area (TPSA) is 67.4 Å². The molecule has 2 aromatic rings. The maximum absolute atomic E-state index is 13.0. The molecule has 1 amide bonds. The van der Waals surface area contributed by atoms with E-state index in [4.69, 9.17) is 4.52 Å². The molecule has 0 N–H and O–H groups in total. The van der Waals surface area contributed by atoms with E-state index in [0.717, 1.165) is 19.4 Å². The molecule has 3 heterocycles. The van der Waals surface area contributed by atoms with Crippen LogP contribution in [0.5, 0.6) is 0 Å². The molecule has 0 saturated carbocycles. The number of likely N-dealkylation sites (tertiary alicyclic amines) is 1. The van der Waals surface area contributed by atoms with Crippen molar-refractivity contribution < 1.29 is 9.32 Å². The third kappa shape index (κ3) is 3.53. The molecule has 142 valence electrons. The lowest BCUT2D eigenvalue weighted by atomic mass is 9.85. The monoisotopic (exact) mass is 359 g/mol. The minimum absolute atomic E-state index is 0.00115. The standard InChI is InChI=1S/C19H29N5O2/c1-6-16-17(13(2)21-26-16)19(25)23(4)11-14-8-7-9-22(3)18(14)15-10-20-24(5)12-15/h10,12,14,18H,6-9,11H2,1-5H3/t14-,18+/m0/s1. The van der Waals surface area contributed by atoms with Gasteiger partial charge in [-0.05, 0) is 39.3 Å². The van der Waals surface area contributed by atoms with Crippen molar-refractivity contribution in [2.75, 3.05) is 27.2 Å². The van der Waals surface area contributed by atoms with Gasteiger partial charge in [-0.2, -0.15) is 5.10 Å². The van der Waals surface area contributed by atoms with Crippen molar-refractivity contribution in [1.82, 2.24) is 24.7 Å². The molecule has 2 aromatic heterocycles. The lowest BCUT2D eigenvalue weighted by molar-refractivity contribution is 0.0643. The lowest BCUT2D eigenvalue weighted by Gasteiger charge is -2.40. The van der Waals surface area contributed by atoms with Crippen LogP contribution in [-0.2, 0) is 13.5 Å². The Bertz CT molecular complexity index is 766. The SMILES string of the molecule is CCc1onc(C)c1C(=O)N(C)C[C@@H]1CCCN(C)[C@H]1c1cnn(C)c1. The summed E-state index contributed by atoms with van der Waals surface area (Å²) in [5.41, 5.74) is 2.51. The zero-order valence-electron chi connectivity index (χ0n) is 16.4. The number of piperidine rings is 1. The molecule has 1 aliphatic rings. The van der Waals surface area contributed by atoms with Crippen LogP contribution >= 0.6 is 0 Å². The molecule has 0 unspecified atom stereocenters. The third-order valence-electron chi connectivity index (χ3n) is 5.40. The molecule has 2 atom stereocenters. The van der Waals surface area contributed by atoms with Gasteiger partial charge in [0.1, 0.15) is 11.3 Å². The van der Waals surface area contributed by atoms with Crippen LogP contribution in [0.2, 0.25) is 0 Å². The number of aromatic nitrogens is 3. The summed E-state index contributed by atoms with van der Waals surface area (Å²) in [6.45, 7) is 5.58. The van der Waals surface area contributed by atoms with Crippen molar-refractivity contribution in [3.63, 3.8) is 0 Å². The Hall–Kier alpha value is -2.15. The fourth-order valence-electron chi connectivity index (χ4n) is 4.13. The fourth-order valence-corrected chi connectivity index (χ4v) is 4.13. The van der Waals surface area contributed by atoms with Crippen LogP contribution in [0, 0.1) is 12.8 Å². The molecule has 0 radical (unpaired) electrons. The average Bonchev–Trinajstić information content (AvgIpc) is 3.19. The van der Waals surface area contributed by atoms with E-state index in [2.05, 4.69) is 28.4 Å². The molecule has 1 aliphatic heterocycles. The Labute approximate surface area is 154 Å². The highest BCUT2D eigenvalue weighted by Crippen LogP contribution is 2.35. The molecule has 1 saturated heterocycles. The molecule has 0 bridgehead atoms. The van der Waals surface area contributed by atoms with E-state index < -0.39 is 0 Å². The zero-order chi connectivity index (χ0) is 18.8. The Kier molecular flexibility index (Phi) is 5.46. The van der Waals surface area contributed by atoms with E-state index in [-0.39, 0.29) is 11.9 Å². The van der Waals surface area contributed by atoms with Gasteiger partial charge >= 0.3 is 0 Å². The number of hydrogen-bond acceptors (Lipinski definition) is 5. The summed E-state index contributed by atoms with van der Waals surface area (Å²) < 4.78 is 7.14. The van der Waals surface area contributed by atoms with E-state index in [9.17, 15) is 4.79 Å². The summed E-state index contributed by atoms with van der Waals surface area (Å²) in [5, 5.41) is 8.31. The van der Waals surface area contributed by atoms with Crippen molar-refractivity contribution in [3.8, 4) is 0 Å². The molecular weight excluding hydrogens is 330 g/mol. The van der Waals surface area contributed by atoms with E-state index in [0.29, 0.717) is 35.9 Å². The summed E-state index contributed by atoms with van der Waals surface area (Å²) in [4.78, 5) is 17.2. The maximum Gasteiger partial charge on any atom is 0.259 e. The summed E-state index contributed by atoms with van der Waals surface area (Å²) >= 11 is 0. The molecular formula is C19H29N5O2. The number of carbonyl (C=O) groups excluding carboxylic acids is 1. The molecule has 0 aliphatic carbocycles. The summed E-state index contributed by atoms with van der Waals surface area (Å²) in [6, 6.07) is 0.280. The Morgan fingerprint density at radius 3 is 2.85 bits per heavy atom. The summed E-state index contributed by atoms with van der Waals surface area (Å²) in [5.74, 6) is 1.04. The van der Waals surface area contributed by atoms with Crippen molar-refractivity contribution in [2.45, 2.75) is 39.2 Å². The van der Waals surface area contributed by atoms with Gasteiger partial charge in [-0.1, -0.05) is 12.1 Å². The highest BCUT2D eigenvalue weighted by molar-refractivity contribution is 5.96. The minimum Gasteiger partial charge on any atom is -0.360 e. The fraction of sp³-hybridized carbons (Fsp3) is 0.632. The number of nitrogens with zero attached hydrogens (tertiary/aromatic N) is 5. The quantitative estimate of drug-likeness (QED) is 0.820. The number of carbonyl (C=O) groups is 1. The lowest BCUT2D eigenvalue weighted by Crippen LogP contribution is -2.42. The first-order valence-corrected chi connectivity index (χ1v) is 9.31.